The molecule has 3 heteroatoms. The summed E-state index contributed by atoms with van der Waals surface area (Å²) in [5.74, 6) is 0. The zero-order chi connectivity index (χ0) is 13.0. The van der Waals surface area contributed by atoms with Crippen LogP contribution < -0.4 is 0 Å². The summed E-state index contributed by atoms with van der Waals surface area (Å²) in [5, 5.41) is 0. The monoisotopic (exact) mass is 252 g/mol. The van der Waals surface area contributed by atoms with Gasteiger partial charge in [0, 0.05) is 0 Å². The van der Waals surface area contributed by atoms with Crippen molar-refractivity contribution in [1.82, 2.24) is 0 Å². The van der Waals surface area contributed by atoms with E-state index in [1.54, 1.807) is 12.1 Å². The van der Waals surface area contributed by atoms with Crippen molar-refractivity contribution in [3.8, 4) is 0 Å². The van der Waals surface area contributed by atoms with Crippen LogP contribution in [0.3, 0.4) is 0 Å². The Bertz CT molecular complexity index is 467. The fourth-order valence-electron chi connectivity index (χ4n) is 2.04. The lowest BCUT2D eigenvalue weighted by atomic mass is 9.98. The van der Waals surface area contributed by atoms with Crippen LogP contribution in [0, 0.1) is 0 Å². The molecule has 0 aliphatic heterocycles. The highest BCUT2D eigenvalue weighted by Crippen LogP contribution is 2.30. The van der Waals surface area contributed by atoms with Gasteiger partial charge in [0.05, 0.1) is 5.56 Å². The van der Waals surface area contributed by atoms with Crippen molar-refractivity contribution in [3.63, 3.8) is 0 Å². The first-order chi connectivity index (χ1) is 8.55. The Morgan fingerprint density at radius 2 is 1.89 bits per heavy atom. The Kier molecular flexibility index (Phi) is 3.90. The summed E-state index contributed by atoms with van der Waals surface area (Å²) < 4.78 is 37.6. The van der Waals surface area contributed by atoms with Crippen molar-refractivity contribution < 1.29 is 13.2 Å². The van der Waals surface area contributed by atoms with Gasteiger partial charge < -0.3 is 0 Å². The Morgan fingerprint density at radius 3 is 2.56 bits per heavy atom. The van der Waals surface area contributed by atoms with Crippen molar-refractivity contribution >= 4 is 6.08 Å². The fraction of sp³-hybridized carbons (Fsp3) is 0.333. The van der Waals surface area contributed by atoms with Gasteiger partial charge in [0.25, 0.3) is 0 Å². The van der Waals surface area contributed by atoms with Crippen LogP contribution >= 0.6 is 0 Å². The molecule has 0 N–H and O–H groups in total. The van der Waals surface area contributed by atoms with Gasteiger partial charge in [-0.15, -0.1) is 0 Å². The van der Waals surface area contributed by atoms with Gasteiger partial charge in [0.15, 0.2) is 0 Å². The molecular formula is C15H15F3. The van der Waals surface area contributed by atoms with Gasteiger partial charge in [-0.1, -0.05) is 35.9 Å². The molecule has 0 unspecified atom stereocenters. The molecular weight excluding hydrogens is 237 g/mol. The number of benzene rings is 1. The number of halogens is 3. The van der Waals surface area contributed by atoms with E-state index in [4.69, 9.17) is 0 Å². The van der Waals surface area contributed by atoms with E-state index in [1.807, 2.05) is 6.08 Å². The Morgan fingerprint density at radius 1 is 1.06 bits per heavy atom. The Hall–Kier alpha value is -1.51. The molecule has 0 saturated heterocycles. The molecule has 0 amide bonds. The average molecular weight is 252 g/mol. The fourth-order valence-corrected chi connectivity index (χ4v) is 2.04. The third-order valence-electron chi connectivity index (χ3n) is 3.03. The van der Waals surface area contributed by atoms with E-state index >= 15 is 0 Å². The Labute approximate surface area is 105 Å². The highest BCUT2D eigenvalue weighted by atomic mass is 19.4. The van der Waals surface area contributed by atoms with Gasteiger partial charge in [-0.2, -0.15) is 13.2 Å². The molecule has 1 aliphatic rings. The molecule has 96 valence electrons. The van der Waals surface area contributed by atoms with Crippen molar-refractivity contribution in [2.75, 3.05) is 0 Å². The van der Waals surface area contributed by atoms with Gasteiger partial charge in [-0.05, 0) is 43.4 Å². The van der Waals surface area contributed by atoms with Gasteiger partial charge in [-0.3, -0.25) is 0 Å². The molecule has 1 aromatic rings. The molecule has 0 spiro atoms. The zero-order valence-corrected chi connectivity index (χ0v) is 10.0. The van der Waals surface area contributed by atoms with Crippen LogP contribution in [-0.2, 0) is 6.18 Å². The minimum atomic E-state index is -4.27. The number of hydrogen-bond acceptors (Lipinski definition) is 0. The topological polar surface area (TPSA) is 0 Å². The van der Waals surface area contributed by atoms with E-state index in [0.717, 1.165) is 18.9 Å². The number of hydrogen-bond donors (Lipinski definition) is 0. The third kappa shape index (κ3) is 3.49. The molecule has 0 nitrogen and oxygen atoms in total. The zero-order valence-electron chi connectivity index (χ0n) is 10.0. The maximum atomic E-state index is 12.5. The first kappa shape index (κ1) is 12.9. The van der Waals surface area contributed by atoms with Crippen LogP contribution in [-0.4, -0.2) is 0 Å². The molecule has 0 radical (unpaired) electrons. The molecule has 0 aromatic heterocycles. The predicted octanol–water partition coefficient (Wildman–Crippen LogP) is 5.22. The molecule has 1 aromatic carbocycles. The third-order valence-corrected chi connectivity index (χ3v) is 3.03. The summed E-state index contributed by atoms with van der Waals surface area (Å²) in [4.78, 5) is 0. The molecule has 0 saturated carbocycles. The minimum absolute atomic E-state index is 0.594. The standard InChI is InChI=1S/C15H15F3/c16-15(17,18)14-8-4-7-13(11-14)10-9-12-5-2-1-3-6-12/h4-5,7-11H,1-3,6H2/b10-9+. The van der Waals surface area contributed by atoms with E-state index in [-0.39, 0.29) is 0 Å². The summed E-state index contributed by atoms with van der Waals surface area (Å²) in [6.45, 7) is 0. The van der Waals surface area contributed by atoms with Crippen LogP contribution in [0.5, 0.6) is 0 Å². The summed E-state index contributed by atoms with van der Waals surface area (Å²) >= 11 is 0. The van der Waals surface area contributed by atoms with Crippen LogP contribution in [0.2, 0.25) is 0 Å². The van der Waals surface area contributed by atoms with Crippen molar-refractivity contribution in [1.29, 1.82) is 0 Å². The second-order valence-electron chi connectivity index (χ2n) is 4.48. The summed E-state index contributed by atoms with van der Waals surface area (Å²) in [6.07, 6.45) is 6.04. The maximum absolute atomic E-state index is 12.5. The lowest BCUT2D eigenvalue weighted by Crippen LogP contribution is -2.04. The van der Waals surface area contributed by atoms with Crippen molar-refractivity contribution in [2.45, 2.75) is 31.9 Å². The average Bonchev–Trinajstić information content (AvgIpc) is 2.37. The van der Waals surface area contributed by atoms with E-state index in [2.05, 4.69) is 6.08 Å². The summed E-state index contributed by atoms with van der Waals surface area (Å²) in [5.41, 5.74) is 1.22. The normalized spacial score (nSPS) is 16.9. The van der Waals surface area contributed by atoms with Gasteiger partial charge >= 0.3 is 6.18 Å². The van der Waals surface area contributed by atoms with E-state index in [1.165, 1.54) is 30.5 Å². The van der Waals surface area contributed by atoms with Gasteiger partial charge in [0.2, 0.25) is 0 Å². The molecule has 18 heavy (non-hydrogen) atoms. The quantitative estimate of drug-likeness (QED) is 0.677. The largest absolute Gasteiger partial charge is 0.416 e. The van der Waals surface area contributed by atoms with E-state index < -0.39 is 11.7 Å². The molecule has 0 fully saturated rings. The first-order valence-corrected chi connectivity index (χ1v) is 6.10. The summed E-state index contributed by atoms with van der Waals surface area (Å²) in [6, 6.07) is 5.41. The van der Waals surface area contributed by atoms with Crippen molar-refractivity contribution in [2.24, 2.45) is 0 Å². The molecule has 0 heterocycles. The number of rotatable bonds is 2. The Balaban J connectivity index is 2.14. The smallest absolute Gasteiger partial charge is 0.166 e. The second kappa shape index (κ2) is 5.42. The van der Waals surface area contributed by atoms with E-state index in [0.29, 0.717) is 5.56 Å². The van der Waals surface area contributed by atoms with Gasteiger partial charge in [0.1, 0.15) is 0 Å². The summed E-state index contributed by atoms with van der Waals surface area (Å²) in [7, 11) is 0. The van der Waals surface area contributed by atoms with E-state index in [9.17, 15) is 13.2 Å². The van der Waals surface area contributed by atoms with Gasteiger partial charge in [-0.25, -0.2) is 0 Å². The molecule has 0 atom stereocenters. The lowest BCUT2D eigenvalue weighted by molar-refractivity contribution is -0.137. The molecule has 1 aliphatic carbocycles. The maximum Gasteiger partial charge on any atom is 0.416 e. The SMILES string of the molecule is FC(F)(F)c1cccc(/C=C/C2=CCCCC2)c1. The minimum Gasteiger partial charge on any atom is -0.166 e. The second-order valence-corrected chi connectivity index (χ2v) is 4.48. The van der Waals surface area contributed by atoms with Crippen molar-refractivity contribution in [3.05, 3.63) is 53.1 Å². The highest BCUT2D eigenvalue weighted by Gasteiger charge is 2.30. The number of alkyl halides is 3. The molecule has 2 rings (SSSR count). The highest BCUT2D eigenvalue weighted by molar-refractivity contribution is 5.54. The van der Waals surface area contributed by atoms with Crippen LogP contribution in [0.15, 0.2) is 42.0 Å². The molecule has 0 bridgehead atoms. The first-order valence-electron chi connectivity index (χ1n) is 6.10. The van der Waals surface area contributed by atoms with Crippen LogP contribution in [0.1, 0.15) is 36.8 Å². The number of allylic oxidation sites excluding steroid dienone is 3. The van der Waals surface area contributed by atoms with Crippen LogP contribution in [0.25, 0.3) is 6.08 Å². The van der Waals surface area contributed by atoms with Crippen LogP contribution in [0.4, 0.5) is 13.2 Å². The predicted molar refractivity (Wildman–Crippen MR) is 67.0 cm³/mol. The lowest BCUT2D eigenvalue weighted by Gasteiger charge is -2.09.